The van der Waals surface area contributed by atoms with Gasteiger partial charge in [-0.3, -0.25) is 4.79 Å². The van der Waals surface area contributed by atoms with E-state index in [9.17, 15) is 9.18 Å². The van der Waals surface area contributed by atoms with E-state index in [2.05, 4.69) is 28.2 Å². The first-order valence-electron chi connectivity index (χ1n) is 5.29. The minimum Gasteiger partial charge on any atom is -0.352 e. The third kappa shape index (κ3) is 2.82. The summed E-state index contributed by atoms with van der Waals surface area (Å²) in [6.45, 7) is 2.45. The molecule has 0 saturated heterocycles. The molecule has 0 radical (unpaired) electrons. The van der Waals surface area contributed by atoms with E-state index in [4.69, 9.17) is 0 Å². The standard InChI is InChI=1S/C12H13BrFNO/c1-7-2-11(7)12(16)15-6-8-3-9(13)5-10(14)4-8/h3-5,7,11H,2,6H2,1H3,(H,15,16)/t7-,11-/m0/s1. The van der Waals surface area contributed by atoms with Crippen molar-refractivity contribution in [1.82, 2.24) is 5.32 Å². The van der Waals surface area contributed by atoms with E-state index >= 15 is 0 Å². The minimum absolute atomic E-state index is 0.0767. The summed E-state index contributed by atoms with van der Waals surface area (Å²) in [4.78, 5) is 11.5. The summed E-state index contributed by atoms with van der Waals surface area (Å²) in [5.41, 5.74) is 0.772. The van der Waals surface area contributed by atoms with Gasteiger partial charge < -0.3 is 5.32 Å². The predicted molar refractivity (Wildman–Crippen MR) is 63.2 cm³/mol. The van der Waals surface area contributed by atoms with Crippen molar-refractivity contribution in [3.05, 3.63) is 34.1 Å². The molecule has 0 aromatic heterocycles. The highest BCUT2D eigenvalue weighted by atomic mass is 79.9. The predicted octanol–water partition coefficient (Wildman–Crippen LogP) is 2.86. The van der Waals surface area contributed by atoms with Gasteiger partial charge in [0.1, 0.15) is 5.82 Å². The monoisotopic (exact) mass is 285 g/mol. The number of hydrogen-bond donors (Lipinski definition) is 1. The van der Waals surface area contributed by atoms with Crippen LogP contribution < -0.4 is 5.32 Å². The van der Waals surface area contributed by atoms with Crippen LogP contribution in [0.3, 0.4) is 0 Å². The molecule has 1 N–H and O–H groups in total. The first-order valence-corrected chi connectivity index (χ1v) is 6.08. The normalized spacial score (nSPS) is 22.9. The van der Waals surface area contributed by atoms with Crippen LogP contribution in [0.4, 0.5) is 4.39 Å². The molecule has 1 aromatic carbocycles. The van der Waals surface area contributed by atoms with Gasteiger partial charge in [-0.05, 0) is 36.1 Å². The second-order valence-electron chi connectivity index (χ2n) is 4.31. The minimum atomic E-state index is -0.293. The fourth-order valence-corrected chi connectivity index (χ4v) is 2.23. The largest absolute Gasteiger partial charge is 0.352 e. The molecule has 0 spiro atoms. The number of hydrogen-bond acceptors (Lipinski definition) is 1. The van der Waals surface area contributed by atoms with Crippen LogP contribution in [0.25, 0.3) is 0 Å². The second kappa shape index (κ2) is 4.53. The number of benzene rings is 1. The van der Waals surface area contributed by atoms with Gasteiger partial charge >= 0.3 is 0 Å². The summed E-state index contributed by atoms with van der Waals surface area (Å²) >= 11 is 3.22. The van der Waals surface area contributed by atoms with Gasteiger partial charge in [-0.2, -0.15) is 0 Å². The van der Waals surface area contributed by atoms with E-state index in [1.54, 1.807) is 6.07 Å². The molecular weight excluding hydrogens is 273 g/mol. The Bertz CT molecular complexity index is 401. The van der Waals surface area contributed by atoms with Crippen LogP contribution in [0, 0.1) is 17.7 Å². The SMILES string of the molecule is C[C@H]1C[C@@H]1C(=O)NCc1cc(F)cc(Br)c1. The number of nitrogens with one attached hydrogen (secondary N) is 1. The quantitative estimate of drug-likeness (QED) is 0.909. The Morgan fingerprint density at radius 3 is 2.81 bits per heavy atom. The summed E-state index contributed by atoms with van der Waals surface area (Å²) in [6.07, 6.45) is 0.971. The van der Waals surface area contributed by atoms with E-state index in [0.717, 1.165) is 12.0 Å². The Hall–Kier alpha value is -0.900. The maximum atomic E-state index is 13.0. The average molecular weight is 286 g/mol. The summed E-state index contributed by atoms with van der Waals surface area (Å²) in [5, 5.41) is 2.82. The van der Waals surface area contributed by atoms with E-state index in [-0.39, 0.29) is 17.6 Å². The fraction of sp³-hybridized carbons (Fsp3) is 0.417. The molecule has 86 valence electrons. The van der Waals surface area contributed by atoms with E-state index < -0.39 is 0 Å². The zero-order valence-electron chi connectivity index (χ0n) is 8.97. The first-order chi connectivity index (χ1) is 7.56. The highest BCUT2D eigenvalue weighted by molar-refractivity contribution is 9.10. The van der Waals surface area contributed by atoms with Gasteiger partial charge in [0, 0.05) is 16.9 Å². The lowest BCUT2D eigenvalue weighted by Crippen LogP contribution is -2.24. The lowest BCUT2D eigenvalue weighted by atomic mass is 10.2. The highest BCUT2D eigenvalue weighted by Gasteiger charge is 2.38. The van der Waals surface area contributed by atoms with Crippen LogP contribution >= 0.6 is 15.9 Å². The zero-order valence-corrected chi connectivity index (χ0v) is 10.6. The molecular formula is C12H13BrFNO. The number of amides is 1. The Kier molecular flexibility index (Phi) is 3.28. The van der Waals surface area contributed by atoms with Gasteiger partial charge in [0.25, 0.3) is 0 Å². The molecule has 1 saturated carbocycles. The molecule has 4 heteroatoms. The molecule has 0 unspecified atom stereocenters. The van der Waals surface area contributed by atoms with Crippen molar-refractivity contribution in [2.24, 2.45) is 11.8 Å². The smallest absolute Gasteiger partial charge is 0.223 e. The van der Waals surface area contributed by atoms with Crippen LogP contribution in [0.2, 0.25) is 0 Å². The van der Waals surface area contributed by atoms with E-state index in [1.165, 1.54) is 12.1 Å². The van der Waals surface area contributed by atoms with Gasteiger partial charge in [0.15, 0.2) is 0 Å². The zero-order chi connectivity index (χ0) is 11.7. The topological polar surface area (TPSA) is 29.1 Å². The molecule has 1 fully saturated rings. The molecule has 2 nitrogen and oxygen atoms in total. The van der Waals surface area contributed by atoms with Crippen molar-refractivity contribution in [3.8, 4) is 0 Å². The van der Waals surface area contributed by atoms with Gasteiger partial charge in [0.05, 0.1) is 0 Å². The van der Waals surface area contributed by atoms with Gasteiger partial charge in [-0.15, -0.1) is 0 Å². The third-order valence-electron chi connectivity index (χ3n) is 2.84. The Labute approximate surface area is 102 Å². The van der Waals surface area contributed by atoms with E-state index in [0.29, 0.717) is 16.9 Å². The van der Waals surface area contributed by atoms with Gasteiger partial charge in [-0.1, -0.05) is 22.9 Å². The molecule has 1 aliphatic carbocycles. The molecule has 1 aromatic rings. The molecule has 2 atom stereocenters. The van der Waals surface area contributed by atoms with Crippen molar-refractivity contribution in [1.29, 1.82) is 0 Å². The average Bonchev–Trinajstić information content (AvgIpc) is 2.90. The van der Waals surface area contributed by atoms with Crippen molar-refractivity contribution in [3.63, 3.8) is 0 Å². The number of carbonyl (C=O) groups is 1. The van der Waals surface area contributed by atoms with Crippen LogP contribution in [0.5, 0.6) is 0 Å². The summed E-state index contributed by atoms with van der Waals surface area (Å²) in [6, 6.07) is 4.63. The van der Waals surface area contributed by atoms with Crippen molar-refractivity contribution in [2.45, 2.75) is 19.9 Å². The molecule has 0 heterocycles. The molecule has 0 bridgehead atoms. The lowest BCUT2D eigenvalue weighted by molar-refractivity contribution is -0.122. The van der Waals surface area contributed by atoms with E-state index in [1.807, 2.05) is 0 Å². The molecule has 16 heavy (non-hydrogen) atoms. The Balaban J connectivity index is 1.91. The lowest BCUT2D eigenvalue weighted by Gasteiger charge is -2.05. The van der Waals surface area contributed by atoms with Crippen molar-refractivity contribution >= 4 is 21.8 Å². The molecule has 0 aliphatic heterocycles. The van der Waals surface area contributed by atoms with Gasteiger partial charge in [0.2, 0.25) is 5.91 Å². The van der Waals surface area contributed by atoms with Crippen LogP contribution in [-0.4, -0.2) is 5.91 Å². The summed E-state index contributed by atoms with van der Waals surface area (Å²) in [7, 11) is 0. The number of halogens is 2. The fourth-order valence-electron chi connectivity index (χ4n) is 1.72. The van der Waals surface area contributed by atoms with Crippen molar-refractivity contribution in [2.75, 3.05) is 0 Å². The highest BCUT2D eigenvalue weighted by Crippen LogP contribution is 2.37. The third-order valence-corrected chi connectivity index (χ3v) is 3.29. The van der Waals surface area contributed by atoms with Gasteiger partial charge in [-0.25, -0.2) is 4.39 Å². The second-order valence-corrected chi connectivity index (χ2v) is 5.23. The van der Waals surface area contributed by atoms with Crippen LogP contribution in [-0.2, 0) is 11.3 Å². The van der Waals surface area contributed by atoms with Crippen LogP contribution in [0.1, 0.15) is 18.9 Å². The molecule has 1 amide bonds. The first kappa shape index (κ1) is 11.6. The van der Waals surface area contributed by atoms with Crippen molar-refractivity contribution < 1.29 is 9.18 Å². The Morgan fingerprint density at radius 2 is 2.25 bits per heavy atom. The Morgan fingerprint density at radius 1 is 1.56 bits per heavy atom. The summed E-state index contributed by atoms with van der Waals surface area (Å²) < 4.78 is 13.7. The number of rotatable bonds is 3. The maximum Gasteiger partial charge on any atom is 0.223 e. The maximum absolute atomic E-state index is 13.0. The molecule has 1 aliphatic rings. The molecule has 2 rings (SSSR count). The number of carbonyl (C=O) groups excluding carboxylic acids is 1. The van der Waals surface area contributed by atoms with Crippen LogP contribution in [0.15, 0.2) is 22.7 Å². The summed E-state index contributed by atoms with van der Waals surface area (Å²) in [5.74, 6) is 0.447.